The van der Waals surface area contributed by atoms with E-state index < -0.39 is 68.5 Å². The molecule has 0 spiro atoms. The second kappa shape index (κ2) is 14.6. The molecule has 0 unspecified atom stereocenters. The number of nitrogens with one attached hydrogen (secondary N) is 2. The Morgan fingerprint density at radius 2 is 1.00 bits per heavy atom. The molecule has 29 heavy (non-hydrogen) atoms. The number of amides is 2. The Hall–Kier alpha value is -1.30. The lowest BCUT2D eigenvalue weighted by molar-refractivity contribution is -0.140. The minimum absolute atomic E-state index is 0.153. The smallest absolute Gasteiger partial charge is 0.233 e. The van der Waals surface area contributed by atoms with Crippen molar-refractivity contribution in [3.63, 3.8) is 0 Å². The van der Waals surface area contributed by atoms with Crippen LogP contribution in [0.4, 0.5) is 0 Å². The summed E-state index contributed by atoms with van der Waals surface area (Å²) >= 11 is 0. The van der Waals surface area contributed by atoms with Gasteiger partial charge in [0.05, 0.1) is 39.6 Å². The quantitative estimate of drug-likeness (QED) is 0.0980. The molecular weight excluding hydrogens is 384 g/mol. The molecule has 0 aromatic rings. The fourth-order valence-electron chi connectivity index (χ4n) is 2.74. The van der Waals surface area contributed by atoms with Crippen molar-refractivity contribution in [2.24, 2.45) is 5.92 Å². The van der Waals surface area contributed by atoms with Crippen LogP contribution in [-0.2, 0) is 9.59 Å². The summed E-state index contributed by atoms with van der Waals surface area (Å²) in [7, 11) is 0. The van der Waals surface area contributed by atoms with Crippen LogP contribution in [0.1, 0.15) is 51.9 Å². The highest BCUT2D eigenvalue weighted by Gasteiger charge is 2.38. The van der Waals surface area contributed by atoms with Crippen molar-refractivity contribution in [3.8, 4) is 0 Å². The summed E-state index contributed by atoms with van der Waals surface area (Å²) < 4.78 is 0. The van der Waals surface area contributed by atoms with E-state index in [-0.39, 0.29) is 6.42 Å². The summed E-state index contributed by atoms with van der Waals surface area (Å²) in [5.74, 6) is -2.87. The molecule has 0 bridgehead atoms. The highest BCUT2D eigenvalue weighted by atomic mass is 16.3. The second-order valence-corrected chi connectivity index (χ2v) is 7.60. The zero-order valence-corrected chi connectivity index (χ0v) is 17.3. The third-order valence-electron chi connectivity index (χ3n) is 5.07. The van der Waals surface area contributed by atoms with Crippen molar-refractivity contribution >= 4 is 11.8 Å². The standard InChI is InChI=1S/C19H38N2O8/c1-2-3-4-5-6-7-8-15(16(28)20-18(9-22,10-23)11-24)17(29)21-19(12-25,13-26)14-27/h15,22-27H,2-14H2,1H3,(H,20,28)(H,21,29). The average molecular weight is 423 g/mol. The Kier molecular flexibility index (Phi) is 14.0. The molecule has 0 saturated carbocycles. The number of rotatable bonds is 17. The minimum atomic E-state index is -1.68. The molecule has 10 nitrogen and oxygen atoms in total. The molecule has 10 heteroatoms. The van der Waals surface area contributed by atoms with Gasteiger partial charge in [0.15, 0.2) is 0 Å². The van der Waals surface area contributed by atoms with E-state index in [1.165, 1.54) is 0 Å². The number of aliphatic hydroxyl groups excluding tert-OH is 6. The summed E-state index contributed by atoms with van der Waals surface area (Å²) in [6.45, 7) is -2.29. The van der Waals surface area contributed by atoms with Gasteiger partial charge in [-0.05, 0) is 6.42 Å². The molecule has 0 saturated heterocycles. The van der Waals surface area contributed by atoms with Gasteiger partial charge in [-0.1, -0.05) is 45.4 Å². The molecule has 0 atom stereocenters. The Bertz CT molecular complexity index is 417. The SMILES string of the molecule is CCCCCCCCC(C(=O)NC(CO)(CO)CO)C(=O)NC(CO)(CO)CO. The van der Waals surface area contributed by atoms with E-state index in [9.17, 15) is 40.2 Å². The van der Waals surface area contributed by atoms with Gasteiger partial charge in [0.2, 0.25) is 11.8 Å². The van der Waals surface area contributed by atoms with Gasteiger partial charge in [0, 0.05) is 0 Å². The molecule has 2 amide bonds. The van der Waals surface area contributed by atoms with E-state index in [1.807, 2.05) is 0 Å². The van der Waals surface area contributed by atoms with Gasteiger partial charge in [-0.2, -0.15) is 0 Å². The van der Waals surface area contributed by atoms with Crippen molar-refractivity contribution in [1.82, 2.24) is 10.6 Å². The second-order valence-electron chi connectivity index (χ2n) is 7.60. The molecule has 172 valence electrons. The predicted octanol–water partition coefficient (Wildman–Crippen LogP) is -1.98. The Morgan fingerprint density at radius 3 is 1.34 bits per heavy atom. The van der Waals surface area contributed by atoms with E-state index in [4.69, 9.17) is 0 Å². The number of aliphatic hydroxyl groups is 6. The number of hydrogen-bond acceptors (Lipinski definition) is 8. The Morgan fingerprint density at radius 1 is 0.655 bits per heavy atom. The fourth-order valence-corrected chi connectivity index (χ4v) is 2.74. The van der Waals surface area contributed by atoms with Crippen LogP contribution in [0, 0.1) is 5.92 Å². The van der Waals surface area contributed by atoms with Gasteiger partial charge in [-0.3, -0.25) is 9.59 Å². The molecule has 0 rings (SSSR count). The zero-order chi connectivity index (χ0) is 22.3. The molecule has 0 radical (unpaired) electrons. The van der Waals surface area contributed by atoms with Gasteiger partial charge in [-0.25, -0.2) is 0 Å². The lowest BCUT2D eigenvalue weighted by atomic mass is 9.94. The maximum absolute atomic E-state index is 12.7. The van der Waals surface area contributed by atoms with Crippen molar-refractivity contribution < 1.29 is 40.2 Å². The van der Waals surface area contributed by atoms with E-state index in [0.717, 1.165) is 32.1 Å². The first-order chi connectivity index (χ1) is 13.8. The monoisotopic (exact) mass is 422 g/mol. The van der Waals surface area contributed by atoms with Crippen molar-refractivity contribution in [2.75, 3.05) is 39.6 Å². The van der Waals surface area contributed by atoms with Gasteiger partial charge >= 0.3 is 0 Å². The van der Waals surface area contributed by atoms with Crippen LogP contribution in [0.15, 0.2) is 0 Å². The largest absolute Gasteiger partial charge is 0.394 e. The van der Waals surface area contributed by atoms with Gasteiger partial charge < -0.3 is 41.3 Å². The summed E-state index contributed by atoms with van der Waals surface area (Å²) in [6.07, 6.45) is 5.70. The molecule has 0 aromatic heterocycles. The Labute approximate surface area is 171 Å². The maximum Gasteiger partial charge on any atom is 0.233 e. The van der Waals surface area contributed by atoms with Gasteiger partial charge in [0.25, 0.3) is 0 Å². The molecule has 0 aliphatic rings. The van der Waals surface area contributed by atoms with Crippen LogP contribution in [0.5, 0.6) is 0 Å². The molecule has 0 aromatic carbocycles. The average Bonchev–Trinajstić information content (AvgIpc) is 2.75. The summed E-state index contributed by atoms with van der Waals surface area (Å²) in [5.41, 5.74) is -3.36. The van der Waals surface area contributed by atoms with E-state index in [2.05, 4.69) is 17.6 Å². The third-order valence-corrected chi connectivity index (χ3v) is 5.07. The van der Waals surface area contributed by atoms with Crippen LogP contribution in [-0.4, -0.2) is 93.2 Å². The van der Waals surface area contributed by atoms with E-state index >= 15 is 0 Å². The van der Waals surface area contributed by atoms with Crippen LogP contribution in [0.25, 0.3) is 0 Å². The lowest BCUT2D eigenvalue weighted by Gasteiger charge is -2.33. The van der Waals surface area contributed by atoms with Crippen LogP contribution in [0.2, 0.25) is 0 Å². The summed E-state index contributed by atoms with van der Waals surface area (Å²) in [4.78, 5) is 25.4. The zero-order valence-electron chi connectivity index (χ0n) is 17.3. The molecule has 0 heterocycles. The molecule has 0 fully saturated rings. The van der Waals surface area contributed by atoms with Crippen LogP contribution in [0.3, 0.4) is 0 Å². The fraction of sp³-hybridized carbons (Fsp3) is 0.895. The number of carbonyl (C=O) groups is 2. The Balaban J connectivity index is 5.26. The summed E-state index contributed by atoms with van der Waals surface area (Å²) in [5, 5.41) is 61.1. The van der Waals surface area contributed by atoms with Crippen molar-refractivity contribution in [2.45, 2.75) is 62.9 Å². The first kappa shape index (κ1) is 27.7. The highest BCUT2D eigenvalue weighted by Crippen LogP contribution is 2.16. The molecule has 0 aliphatic heterocycles. The van der Waals surface area contributed by atoms with E-state index in [0.29, 0.717) is 6.42 Å². The molecular formula is C19H38N2O8. The predicted molar refractivity (Wildman–Crippen MR) is 106 cm³/mol. The first-order valence-corrected chi connectivity index (χ1v) is 10.1. The van der Waals surface area contributed by atoms with Crippen molar-refractivity contribution in [1.29, 1.82) is 0 Å². The van der Waals surface area contributed by atoms with Crippen LogP contribution >= 0.6 is 0 Å². The lowest BCUT2D eigenvalue weighted by Crippen LogP contribution is -2.62. The van der Waals surface area contributed by atoms with Gasteiger partial charge in [0.1, 0.15) is 17.0 Å². The molecule has 0 aliphatic carbocycles. The normalized spacial score (nSPS) is 12.3. The highest BCUT2D eigenvalue weighted by molar-refractivity contribution is 6.00. The number of hydrogen-bond donors (Lipinski definition) is 8. The summed E-state index contributed by atoms with van der Waals surface area (Å²) in [6, 6.07) is 0. The maximum atomic E-state index is 12.7. The minimum Gasteiger partial charge on any atom is -0.394 e. The van der Waals surface area contributed by atoms with E-state index in [1.54, 1.807) is 0 Å². The third kappa shape index (κ3) is 8.93. The number of unbranched alkanes of at least 4 members (excludes halogenated alkanes) is 5. The number of carbonyl (C=O) groups excluding carboxylic acids is 2. The topological polar surface area (TPSA) is 180 Å². The first-order valence-electron chi connectivity index (χ1n) is 10.1. The van der Waals surface area contributed by atoms with Crippen molar-refractivity contribution in [3.05, 3.63) is 0 Å². The van der Waals surface area contributed by atoms with Crippen LogP contribution < -0.4 is 10.6 Å². The molecule has 8 N–H and O–H groups in total. The van der Waals surface area contributed by atoms with Gasteiger partial charge in [-0.15, -0.1) is 0 Å².